The van der Waals surface area contributed by atoms with Crippen LogP contribution in [0.4, 0.5) is 0 Å². The summed E-state index contributed by atoms with van der Waals surface area (Å²) in [7, 11) is 2.76. The van der Waals surface area contributed by atoms with Crippen LogP contribution in [0.25, 0.3) is 0 Å². The number of carbonyl (C=O) groups is 2. The molecule has 2 aromatic carbocycles. The first-order valence-electron chi connectivity index (χ1n) is 8.13. The Morgan fingerprint density at radius 3 is 2.32 bits per heavy atom. The first-order valence-corrected chi connectivity index (χ1v) is 8.13. The monoisotopic (exact) mass is 342 g/mol. The molecule has 5 heteroatoms. The van der Waals surface area contributed by atoms with Crippen molar-refractivity contribution >= 4 is 11.9 Å². The normalized spacial score (nSPS) is 11.5. The summed E-state index contributed by atoms with van der Waals surface area (Å²) in [6, 6.07) is 14.1. The van der Waals surface area contributed by atoms with E-state index in [1.807, 2.05) is 37.3 Å². The summed E-state index contributed by atoms with van der Waals surface area (Å²) in [6.07, 6.45) is 1.54. The van der Waals surface area contributed by atoms with Crippen molar-refractivity contribution in [2.45, 2.75) is 25.7 Å². The Balaban J connectivity index is 2.24. The van der Waals surface area contributed by atoms with Crippen LogP contribution >= 0.6 is 0 Å². The van der Waals surface area contributed by atoms with E-state index in [1.54, 1.807) is 0 Å². The van der Waals surface area contributed by atoms with Gasteiger partial charge in [0, 0.05) is 0 Å². The average Bonchev–Trinajstić information content (AvgIpc) is 2.66. The Labute approximate surface area is 147 Å². The van der Waals surface area contributed by atoms with E-state index >= 15 is 0 Å². The molecule has 0 radical (unpaired) electrons. The first-order chi connectivity index (χ1) is 12.1. The molecular formula is C20H22O5. The molecule has 1 unspecified atom stereocenters. The maximum atomic E-state index is 12.7. The Hall–Kier alpha value is -2.82. The van der Waals surface area contributed by atoms with Crippen molar-refractivity contribution in [3.63, 3.8) is 0 Å². The second-order valence-electron chi connectivity index (χ2n) is 5.53. The highest BCUT2D eigenvalue weighted by Crippen LogP contribution is 2.31. The van der Waals surface area contributed by atoms with Crippen LogP contribution in [0.5, 0.6) is 11.5 Å². The average molecular weight is 342 g/mol. The Bertz CT molecular complexity index is 724. The number of ether oxygens (including phenoxy) is 3. The van der Waals surface area contributed by atoms with Crippen LogP contribution in [0.2, 0.25) is 0 Å². The van der Waals surface area contributed by atoms with Crippen LogP contribution in [0, 0.1) is 0 Å². The molecule has 0 aromatic heterocycles. The van der Waals surface area contributed by atoms with E-state index in [4.69, 9.17) is 9.47 Å². The molecule has 0 fully saturated rings. The highest BCUT2D eigenvalue weighted by Gasteiger charge is 2.23. The van der Waals surface area contributed by atoms with Crippen LogP contribution in [0.1, 0.15) is 41.6 Å². The number of hydrogen-bond donors (Lipinski definition) is 0. The van der Waals surface area contributed by atoms with Crippen LogP contribution in [-0.2, 0) is 9.53 Å². The van der Waals surface area contributed by atoms with Gasteiger partial charge in [0.1, 0.15) is 0 Å². The van der Waals surface area contributed by atoms with Gasteiger partial charge in [0.15, 0.2) is 11.5 Å². The van der Waals surface area contributed by atoms with Crippen molar-refractivity contribution in [2.75, 3.05) is 14.2 Å². The van der Waals surface area contributed by atoms with E-state index in [2.05, 4.69) is 4.74 Å². The van der Waals surface area contributed by atoms with E-state index in [9.17, 15) is 9.59 Å². The fourth-order valence-electron chi connectivity index (χ4n) is 2.57. The predicted octanol–water partition coefficient (Wildman–Crippen LogP) is 3.97. The van der Waals surface area contributed by atoms with E-state index in [0.29, 0.717) is 17.7 Å². The van der Waals surface area contributed by atoms with Crippen LogP contribution in [0.3, 0.4) is 0 Å². The van der Waals surface area contributed by atoms with E-state index < -0.39 is 5.97 Å². The number of benzene rings is 2. The van der Waals surface area contributed by atoms with Gasteiger partial charge in [-0.05, 0) is 30.2 Å². The summed E-state index contributed by atoms with van der Waals surface area (Å²) in [4.78, 5) is 24.3. The smallest absolute Gasteiger partial charge is 0.337 e. The summed E-state index contributed by atoms with van der Waals surface area (Å²) in [5, 5.41) is 0. The highest BCUT2D eigenvalue weighted by atomic mass is 16.6. The lowest BCUT2D eigenvalue weighted by atomic mass is 9.95. The van der Waals surface area contributed by atoms with Gasteiger partial charge in [-0.15, -0.1) is 0 Å². The molecule has 132 valence electrons. The standard InChI is InChI=1S/C20H22O5/c1-4-8-16(14-9-6-5-7-10-14)20(22)25-17-12-11-15(19(21)24-3)13-18(17)23-2/h5-7,9-13,16H,4,8H2,1-3H3. The fourth-order valence-corrected chi connectivity index (χ4v) is 2.57. The molecule has 1 atom stereocenters. The van der Waals surface area contributed by atoms with Gasteiger partial charge in [0.2, 0.25) is 0 Å². The van der Waals surface area contributed by atoms with Gasteiger partial charge in [-0.25, -0.2) is 4.79 Å². The molecule has 0 amide bonds. The zero-order valence-electron chi connectivity index (χ0n) is 14.7. The third-order valence-electron chi connectivity index (χ3n) is 3.86. The zero-order chi connectivity index (χ0) is 18.2. The summed E-state index contributed by atoms with van der Waals surface area (Å²) >= 11 is 0. The molecule has 2 aromatic rings. The number of hydrogen-bond acceptors (Lipinski definition) is 5. The minimum atomic E-state index is -0.482. The Morgan fingerprint density at radius 2 is 1.72 bits per heavy atom. The topological polar surface area (TPSA) is 61.8 Å². The summed E-state index contributed by atoms with van der Waals surface area (Å²) in [5.41, 5.74) is 1.24. The summed E-state index contributed by atoms with van der Waals surface area (Å²) in [6.45, 7) is 2.02. The Kier molecular flexibility index (Phi) is 6.57. The maximum absolute atomic E-state index is 12.7. The lowest BCUT2D eigenvalue weighted by molar-refractivity contribution is -0.136. The van der Waals surface area contributed by atoms with Crippen LogP contribution < -0.4 is 9.47 Å². The zero-order valence-corrected chi connectivity index (χ0v) is 14.7. The molecule has 5 nitrogen and oxygen atoms in total. The molecule has 0 aliphatic rings. The molecule has 0 saturated carbocycles. The van der Waals surface area contributed by atoms with Gasteiger partial charge in [0.25, 0.3) is 0 Å². The second-order valence-corrected chi connectivity index (χ2v) is 5.53. The largest absolute Gasteiger partial charge is 0.493 e. The predicted molar refractivity (Wildman–Crippen MR) is 94.1 cm³/mol. The van der Waals surface area contributed by atoms with Crippen LogP contribution in [0.15, 0.2) is 48.5 Å². The molecular weight excluding hydrogens is 320 g/mol. The summed E-state index contributed by atoms with van der Waals surface area (Å²) in [5.74, 6) is -0.602. The quantitative estimate of drug-likeness (QED) is 0.563. The molecule has 0 heterocycles. The molecule has 0 spiro atoms. The lowest BCUT2D eigenvalue weighted by Crippen LogP contribution is -2.19. The van der Waals surface area contributed by atoms with Crippen molar-refractivity contribution in [3.05, 3.63) is 59.7 Å². The molecule has 0 saturated heterocycles. The Morgan fingerprint density at radius 1 is 1.00 bits per heavy atom. The SMILES string of the molecule is CCCC(C(=O)Oc1ccc(C(=O)OC)cc1OC)c1ccccc1. The van der Waals surface area contributed by atoms with Crippen molar-refractivity contribution in [1.29, 1.82) is 0 Å². The van der Waals surface area contributed by atoms with E-state index in [-0.39, 0.29) is 17.6 Å². The first kappa shape index (κ1) is 18.5. The minimum absolute atomic E-state index is 0.275. The third-order valence-corrected chi connectivity index (χ3v) is 3.86. The number of carbonyl (C=O) groups excluding carboxylic acids is 2. The third kappa shape index (κ3) is 4.59. The number of methoxy groups -OCH3 is 2. The summed E-state index contributed by atoms with van der Waals surface area (Å²) < 4.78 is 15.5. The fraction of sp³-hybridized carbons (Fsp3) is 0.300. The van der Waals surface area contributed by atoms with Gasteiger partial charge in [-0.2, -0.15) is 0 Å². The molecule has 0 N–H and O–H groups in total. The molecule has 0 aliphatic carbocycles. The number of rotatable bonds is 7. The van der Waals surface area contributed by atoms with Gasteiger partial charge in [0.05, 0.1) is 25.7 Å². The number of esters is 2. The highest BCUT2D eigenvalue weighted by molar-refractivity contribution is 5.90. The van der Waals surface area contributed by atoms with Crippen molar-refractivity contribution < 1.29 is 23.8 Å². The van der Waals surface area contributed by atoms with Gasteiger partial charge in [-0.1, -0.05) is 43.7 Å². The lowest BCUT2D eigenvalue weighted by Gasteiger charge is -2.17. The minimum Gasteiger partial charge on any atom is -0.493 e. The van der Waals surface area contributed by atoms with E-state index in [0.717, 1.165) is 12.0 Å². The second kappa shape index (κ2) is 8.87. The molecule has 25 heavy (non-hydrogen) atoms. The molecule has 2 rings (SSSR count). The van der Waals surface area contributed by atoms with E-state index in [1.165, 1.54) is 32.4 Å². The van der Waals surface area contributed by atoms with Gasteiger partial charge >= 0.3 is 11.9 Å². The van der Waals surface area contributed by atoms with Crippen molar-refractivity contribution in [2.24, 2.45) is 0 Å². The van der Waals surface area contributed by atoms with Gasteiger partial charge < -0.3 is 14.2 Å². The molecule has 0 aliphatic heterocycles. The molecule has 0 bridgehead atoms. The van der Waals surface area contributed by atoms with Crippen molar-refractivity contribution in [1.82, 2.24) is 0 Å². The van der Waals surface area contributed by atoms with Gasteiger partial charge in [-0.3, -0.25) is 4.79 Å². The van der Waals surface area contributed by atoms with Crippen LogP contribution in [-0.4, -0.2) is 26.2 Å². The van der Waals surface area contributed by atoms with Crippen molar-refractivity contribution in [3.8, 4) is 11.5 Å². The maximum Gasteiger partial charge on any atom is 0.337 e.